The maximum absolute atomic E-state index is 12.6. The Bertz CT molecular complexity index is 702. The number of rotatable bonds is 4. The van der Waals surface area contributed by atoms with Crippen LogP contribution in [0.3, 0.4) is 0 Å². The molecule has 1 aromatic rings. The molecule has 1 N–H and O–H groups in total. The van der Waals surface area contributed by atoms with Crippen molar-refractivity contribution in [1.82, 2.24) is 0 Å². The van der Waals surface area contributed by atoms with Crippen molar-refractivity contribution >= 4 is 5.78 Å². The van der Waals surface area contributed by atoms with Crippen LogP contribution >= 0.6 is 0 Å². The summed E-state index contributed by atoms with van der Waals surface area (Å²) in [6, 6.07) is 9.62. The van der Waals surface area contributed by atoms with Crippen LogP contribution in [0.15, 0.2) is 66.0 Å². The fourth-order valence-electron chi connectivity index (χ4n) is 3.07. The fraction of sp³-hybridized carbons (Fsp3) is 0.350. The average molecular weight is 326 g/mol. The number of carbonyl (C=O) groups excluding carboxylic acids is 1. The number of benzene rings is 1. The number of hydrogen-bond acceptors (Lipinski definition) is 4. The summed E-state index contributed by atoms with van der Waals surface area (Å²) in [5.41, 5.74) is 0.496. The molecule has 1 heterocycles. The van der Waals surface area contributed by atoms with Crippen molar-refractivity contribution in [3.05, 3.63) is 71.5 Å². The van der Waals surface area contributed by atoms with E-state index in [0.717, 1.165) is 11.1 Å². The molecule has 126 valence electrons. The van der Waals surface area contributed by atoms with Gasteiger partial charge in [0.25, 0.3) is 0 Å². The molecule has 3 atom stereocenters. The molecule has 0 unspecified atom stereocenters. The lowest BCUT2D eigenvalue weighted by Crippen LogP contribution is -2.56. The molecule has 0 aromatic heterocycles. The Morgan fingerprint density at radius 3 is 2.79 bits per heavy atom. The molecule has 1 aromatic carbocycles. The zero-order valence-electron chi connectivity index (χ0n) is 13.9. The van der Waals surface area contributed by atoms with Crippen LogP contribution in [0.2, 0.25) is 0 Å². The summed E-state index contributed by atoms with van der Waals surface area (Å²) in [4.78, 5) is 12.6. The molecule has 2 aliphatic rings. The van der Waals surface area contributed by atoms with Crippen LogP contribution in [-0.2, 0) is 20.9 Å². The van der Waals surface area contributed by atoms with Crippen molar-refractivity contribution < 1.29 is 19.4 Å². The van der Waals surface area contributed by atoms with E-state index >= 15 is 0 Å². The number of fused-ring (bicyclic) bond motifs is 1. The highest BCUT2D eigenvalue weighted by molar-refractivity contribution is 5.99. The molecule has 24 heavy (non-hydrogen) atoms. The van der Waals surface area contributed by atoms with E-state index in [1.165, 1.54) is 0 Å². The van der Waals surface area contributed by atoms with E-state index in [2.05, 4.69) is 0 Å². The highest BCUT2D eigenvalue weighted by Crippen LogP contribution is 2.37. The number of hydrogen-bond donors (Lipinski definition) is 1. The van der Waals surface area contributed by atoms with Gasteiger partial charge in [-0.2, -0.15) is 0 Å². The monoisotopic (exact) mass is 326 g/mol. The Balaban J connectivity index is 1.82. The van der Waals surface area contributed by atoms with Crippen molar-refractivity contribution in [3.8, 4) is 0 Å². The molecule has 4 nitrogen and oxygen atoms in total. The van der Waals surface area contributed by atoms with Crippen molar-refractivity contribution in [3.63, 3.8) is 0 Å². The van der Waals surface area contributed by atoms with E-state index in [0.29, 0.717) is 12.4 Å². The summed E-state index contributed by atoms with van der Waals surface area (Å²) in [5.74, 6) is 0.224. The van der Waals surface area contributed by atoms with Crippen molar-refractivity contribution in [2.75, 3.05) is 6.61 Å². The molecule has 0 fully saturated rings. The van der Waals surface area contributed by atoms with E-state index in [9.17, 15) is 9.90 Å². The standard InChI is InChI=1S/C20H22O4/c1-3-7-16-10-15-11-18(21)20(2,19(22)17(15)13-23-16)24-12-14-8-5-4-6-9-14/h3-11,17,19,22H,12-13H2,1-2H3/b7-3+/t17-,19+,20-/m1/s1. The van der Waals surface area contributed by atoms with Gasteiger partial charge in [-0.25, -0.2) is 0 Å². The summed E-state index contributed by atoms with van der Waals surface area (Å²) in [5, 5.41) is 10.8. The lowest BCUT2D eigenvalue weighted by atomic mass is 9.75. The van der Waals surface area contributed by atoms with E-state index < -0.39 is 11.7 Å². The minimum atomic E-state index is -1.26. The van der Waals surface area contributed by atoms with Crippen LogP contribution in [0.4, 0.5) is 0 Å². The highest BCUT2D eigenvalue weighted by Gasteiger charge is 2.49. The van der Waals surface area contributed by atoms with Crippen molar-refractivity contribution in [2.24, 2.45) is 5.92 Å². The predicted octanol–water partition coefficient (Wildman–Crippen LogP) is 2.94. The number of ether oxygens (including phenoxy) is 2. The van der Waals surface area contributed by atoms with Gasteiger partial charge in [0.05, 0.1) is 13.2 Å². The van der Waals surface area contributed by atoms with Crippen LogP contribution in [0.1, 0.15) is 19.4 Å². The van der Waals surface area contributed by atoms with Gasteiger partial charge >= 0.3 is 0 Å². The van der Waals surface area contributed by atoms with E-state index in [1.54, 1.807) is 13.0 Å². The lowest BCUT2D eigenvalue weighted by Gasteiger charge is -2.42. The molecular weight excluding hydrogens is 304 g/mol. The lowest BCUT2D eigenvalue weighted by molar-refractivity contribution is -0.167. The Hall–Kier alpha value is -2.17. The first-order valence-electron chi connectivity index (χ1n) is 8.14. The van der Waals surface area contributed by atoms with Crippen LogP contribution < -0.4 is 0 Å². The molecule has 0 spiro atoms. The van der Waals surface area contributed by atoms with E-state index in [4.69, 9.17) is 9.47 Å². The second kappa shape index (κ2) is 6.75. The zero-order chi connectivity index (χ0) is 17.2. The van der Waals surface area contributed by atoms with Gasteiger partial charge < -0.3 is 14.6 Å². The van der Waals surface area contributed by atoms with Gasteiger partial charge in [-0.15, -0.1) is 0 Å². The summed E-state index contributed by atoms with van der Waals surface area (Å²) in [7, 11) is 0. The number of allylic oxidation sites excluding steroid dienone is 3. The van der Waals surface area contributed by atoms with E-state index in [-0.39, 0.29) is 18.3 Å². The summed E-state index contributed by atoms with van der Waals surface area (Å²) >= 11 is 0. The van der Waals surface area contributed by atoms with Gasteiger partial charge in [0.2, 0.25) is 0 Å². The SMILES string of the molecule is C/C=C/C1=CC2=CC(=O)[C@@](C)(OCc3ccccc3)[C@@H](O)[C@@H]2CO1. The minimum Gasteiger partial charge on any atom is -0.493 e. The Morgan fingerprint density at radius 2 is 2.08 bits per heavy atom. The van der Waals surface area contributed by atoms with E-state index in [1.807, 2.05) is 55.5 Å². The second-order valence-electron chi connectivity index (χ2n) is 6.30. The molecule has 0 saturated carbocycles. The maximum Gasteiger partial charge on any atom is 0.190 e. The summed E-state index contributed by atoms with van der Waals surface area (Å²) < 4.78 is 11.5. The Kier molecular flexibility index (Phi) is 4.69. The van der Waals surface area contributed by atoms with Gasteiger partial charge in [0, 0.05) is 5.92 Å². The predicted molar refractivity (Wildman–Crippen MR) is 91.1 cm³/mol. The number of aliphatic hydroxyl groups excluding tert-OH is 1. The van der Waals surface area contributed by atoms with Gasteiger partial charge in [-0.3, -0.25) is 4.79 Å². The molecule has 0 radical (unpaired) electrons. The largest absolute Gasteiger partial charge is 0.493 e. The smallest absolute Gasteiger partial charge is 0.190 e. The molecule has 1 aliphatic carbocycles. The molecule has 4 heteroatoms. The van der Waals surface area contributed by atoms with Gasteiger partial charge in [-0.1, -0.05) is 36.4 Å². The number of ketones is 1. The Morgan fingerprint density at radius 1 is 1.33 bits per heavy atom. The molecule has 0 saturated heterocycles. The van der Waals surface area contributed by atoms with Gasteiger partial charge in [-0.05, 0) is 43.2 Å². The molecule has 0 amide bonds. The normalized spacial score (nSPS) is 29.7. The fourth-order valence-corrected chi connectivity index (χ4v) is 3.07. The third kappa shape index (κ3) is 3.07. The summed E-state index contributed by atoms with van der Waals surface area (Å²) in [6.07, 6.45) is 6.16. The first-order valence-corrected chi connectivity index (χ1v) is 8.14. The molecule has 3 rings (SSSR count). The third-order valence-electron chi connectivity index (χ3n) is 4.61. The zero-order valence-corrected chi connectivity index (χ0v) is 13.9. The van der Waals surface area contributed by atoms with Crippen LogP contribution in [0.5, 0.6) is 0 Å². The maximum atomic E-state index is 12.6. The topological polar surface area (TPSA) is 55.8 Å². The van der Waals surface area contributed by atoms with Crippen molar-refractivity contribution in [2.45, 2.75) is 32.2 Å². The molecule has 1 aliphatic heterocycles. The number of aliphatic hydroxyl groups is 1. The third-order valence-corrected chi connectivity index (χ3v) is 4.61. The van der Waals surface area contributed by atoms with Gasteiger partial charge in [0.15, 0.2) is 11.4 Å². The second-order valence-corrected chi connectivity index (χ2v) is 6.30. The minimum absolute atomic E-state index is 0.213. The summed E-state index contributed by atoms with van der Waals surface area (Å²) in [6.45, 7) is 4.17. The molecular formula is C20H22O4. The van der Waals surface area contributed by atoms with Gasteiger partial charge in [0.1, 0.15) is 11.9 Å². The van der Waals surface area contributed by atoms with Crippen molar-refractivity contribution in [1.29, 1.82) is 0 Å². The van der Waals surface area contributed by atoms with Crippen LogP contribution in [0.25, 0.3) is 0 Å². The number of carbonyl (C=O) groups is 1. The van der Waals surface area contributed by atoms with Crippen LogP contribution in [-0.4, -0.2) is 29.2 Å². The quantitative estimate of drug-likeness (QED) is 0.924. The average Bonchev–Trinajstić information content (AvgIpc) is 2.59. The van der Waals surface area contributed by atoms with Crippen LogP contribution in [0, 0.1) is 5.92 Å². The first kappa shape index (κ1) is 16.7. The molecule has 0 bridgehead atoms. The Labute approximate surface area is 142 Å². The highest BCUT2D eigenvalue weighted by atomic mass is 16.5. The first-order chi connectivity index (χ1) is 11.5.